The fourth-order valence-corrected chi connectivity index (χ4v) is 2.46. The third-order valence-corrected chi connectivity index (χ3v) is 3.77. The first-order chi connectivity index (χ1) is 10.0. The van der Waals surface area contributed by atoms with Crippen LogP contribution >= 0.6 is 0 Å². The average Bonchev–Trinajstić information content (AvgIpc) is 2.47. The first-order valence-electron chi connectivity index (χ1n) is 6.88. The summed E-state index contributed by atoms with van der Waals surface area (Å²) in [7, 11) is 0. The second-order valence-electron chi connectivity index (χ2n) is 5.16. The molecule has 1 atom stereocenters. The minimum absolute atomic E-state index is 0.102. The molecule has 0 radical (unpaired) electrons. The van der Waals surface area contributed by atoms with E-state index in [1.54, 1.807) is 4.90 Å². The van der Waals surface area contributed by atoms with Gasteiger partial charge >= 0.3 is 0 Å². The summed E-state index contributed by atoms with van der Waals surface area (Å²) in [4.78, 5) is 15.9. The SMILES string of the molecule is CC(CC#N)N1CCN(C(=O)c2ccc(F)cc2F)CC1. The predicted octanol–water partition coefficient (Wildman–Crippen LogP) is 2.02. The summed E-state index contributed by atoms with van der Waals surface area (Å²) in [5.41, 5.74) is -0.102. The van der Waals surface area contributed by atoms with Crippen molar-refractivity contribution >= 4 is 5.91 Å². The molecule has 1 unspecified atom stereocenters. The van der Waals surface area contributed by atoms with Crippen LogP contribution in [0.2, 0.25) is 0 Å². The average molecular weight is 293 g/mol. The van der Waals surface area contributed by atoms with Gasteiger partial charge in [0.1, 0.15) is 11.6 Å². The largest absolute Gasteiger partial charge is 0.336 e. The molecule has 0 aromatic heterocycles. The van der Waals surface area contributed by atoms with E-state index in [4.69, 9.17) is 5.26 Å². The van der Waals surface area contributed by atoms with Crippen molar-refractivity contribution in [2.45, 2.75) is 19.4 Å². The molecule has 1 aromatic carbocycles. The standard InChI is InChI=1S/C15H17F2N3O/c1-11(4-5-18)19-6-8-20(9-7-19)15(21)13-3-2-12(16)10-14(13)17/h2-3,10-11H,4,6-9H2,1H3. The maximum absolute atomic E-state index is 13.6. The molecule has 1 aliphatic rings. The molecule has 1 aromatic rings. The van der Waals surface area contributed by atoms with E-state index in [2.05, 4.69) is 11.0 Å². The number of hydrogen-bond acceptors (Lipinski definition) is 3. The van der Waals surface area contributed by atoms with Crippen LogP contribution < -0.4 is 0 Å². The van der Waals surface area contributed by atoms with Gasteiger partial charge in [-0.2, -0.15) is 5.26 Å². The van der Waals surface area contributed by atoms with Crippen LogP contribution in [0.4, 0.5) is 8.78 Å². The molecule has 1 saturated heterocycles. The first-order valence-corrected chi connectivity index (χ1v) is 6.88. The number of nitriles is 1. The Hall–Kier alpha value is -2.00. The van der Waals surface area contributed by atoms with Gasteiger partial charge in [0.2, 0.25) is 0 Å². The van der Waals surface area contributed by atoms with Crippen molar-refractivity contribution in [3.63, 3.8) is 0 Å². The molecule has 2 rings (SSSR count). The Labute approximate surface area is 122 Å². The Balaban J connectivity index is 1.99. The molecule has 1 heterocycles. The van der Waals surface area contributed by atoms with E-state index in [0.29, 0.717) is 32.6 Å². The zero-order valence-electron chi connectivity index (χ0n) is 11.9. The van der Waals surface area contributed by atoms with E-state index in [1.165, 1.54) is 6.07 Å². The zero-order valence-corrected chi connectivity index (χ0v) is 11.9. The lowest BCUT2D eigenvalue weighted by molar-refractivity contribution is 0.0581. The molecule has 1 fully saturated rings. The Morgan fingerprint density at radius 3 is 2.57 bits per heavy atom. The van der Waals surface area contributed by atoms with E-state index < -0.39 is 17.5 Å². The van der Waals surface area contributed by atoms with Crippen molar-refractivity contribution in [1.82, 2.24) is 9.80 Å². The second kappa shape index (κ2) is 6.64. The number of hydrogen-bond donors (Lipinski definition) is 0. The minimum atomic E-state index is -0.833. The molecule has 0 bridgehead atoms. The number of halogens is 2. The van der Waals surface area contributed by atoms with E-state index >= 15 is 0 Å². The van der Waals surface area contributed by atoms with Crippen molar-refractivity contribution in [3.05, 3.63) is 35.4 Å². The van der Waals surface area contributed by atoms with E-state index in [1.807, 2.05) is 6.92 Å². The van der Waals surface area contributed by atoms with Crippen LogP contribution in [0, 0.1) is 23.0 Å². The lowest BCUT2D eigenvalue weighted by Gasteiger charge is -2.37. The number of nitrogens with zero attached hydrogens (tertiary/aromatic N) is 3. The van der Waals surface area contributed by atoms with Gasteiger partial charge in [0.05, 0.1) is 18.1 Å². The molecule has 21 heavy (non-hydrogen) atoms. The molecule has 6 heteroatoms. The maximum atomic E-state index is 13.6. The topological polar surface area (TPSA) is 47.3 Å². The number of rotatable bonds is 3. The van der Waals surface area contributed by atoms with Gasteiger partial charge in [-0.1, -0.05) is 0 Å². The molecule has 0 saturated carbocycles. The number of piperazine rings is 1. The third kappa shape index (κ3) is 3.56. The molecule has 0 aliphatic carbocycles. The van der Waals surface area contributed by atoms with E-state index in [0.717, 1.165) is 12.1 Å². The highest BCUT2D eigenvalue weighted by Gasteiger charge is 2.26. The molecule has 1 amide bonds. The zero-order chi connectivity index (χ0) is 15.4. The number of carbonyl (C=O) groups excluding carboxylic acids is 1. The first kappa shape index (κ1) is 15.4. The van der Waals surface area contributed by atoms with Crippen molar-refractivity contribution < 1.29 is 13.6 Å². The van der Waals surface area contributed by atoms with Gasteiger partial charge in [0.25, 0.3) is 5.91 Å². The third-order valence-electron chi connectivity index (χ3n) is 3.77. The quantitative estimate of drug-likeness (QED) is 0.856. The predicted molar refractivity (Wildman–Crippen MR) is 73.5 cm³/mol. The summed E-state index contributed by atoms with van der Waals surface area (Å²) in [5, 5.41) is 8.70. The van der Waals surface area contributed by atoms with Gasteiger partial charge < -0.3 is 4.90 Å². The van der Waals surface area contributed by atoms with Crippen molar-refractivity contribution in [1.29, 1.82) is 5.26 Å². The molecule has 0 spiro atoms. The highest BCUT2D eigenvalue weighted by Crippen LogP contribution is 2.15. The van der Waals surface area contributed by atoms with Crippen LogP contribution in [0.1, 0.15) is 23.7 Å². The van der Waals surface area contributed by atoms with Crippen molar-refractivity contribution in [3.8, 4) is 6.07 Å². The van der Waals surface area contributed by atoms with Crippen LogP contribution in [0.15, 0.2) is 18.2 Å². The van der Waals surface area contributed by atoms with Crippen LogP contribution in [-0.2, 0) is 0 Å². The van der Waals surface area contributed by atoms with Crippen LogP contribution in [0.3, 0.4) is 0 Å². The highest BCUT2D eigenvalue weighted by molar-refractivity contribution is 5.94. The van der Waals surface area contributed by atoms with Crippen molar-refractivity contribution in [2.75, 3.05) is 26.2 Å². The minimum Gasteiger partial charge on any atom is -0.336 e. The van der Waals surface area contributed by atoms with Crippen LogP contribution in [-0.4, -0.2) is 47.9 Å². The lowest BCUT2D eigenvalue weighted by Crippen LogP contribution is -2.51. The summed E-state index contributed by atoms with van der Waals surface area (Å²) >= 11 is 0. The smallest absolute Gasteiger partial charge is 0.256 e. The van der Waals surface area contributed by atoms with Crippen LogP contribution in [0.25, 0.3) is 0 Å². The van der Waals surface area contributed by atoms with Gasteiger partial charge in [0.15, 0.2) is 0 Å². The van der Waals surface area contributed by atoms with Gasteiger partial charge in [-0.15, -0.1) is 0 Å². The van der Waals surface area contributed by atoms with Gasteiger partial charge in [0, 0.05) is 38.3 Å². The Morgan fingerprint density at radius 1 is 1.33 bits per heavy atom. The van der Waals surface area contributed by atoms with Gasteiger partial charge in [-0.25, -0.2) is 8.78 Å². The summed E-state index contributed by atoms with van der Waals surface area (Å²) in [6.45, 7) is 4.23. The molecular formula is C15H17F2N3O. The van der Waals surface area contributed by atoms with Gasteiger partial charge in [-0.3, -0.25) is 9.69 Å². The second-order valence-corrected chi connectivity index (χ2v) is 5.16. The summed E-state index contributed by atoms with van der Waals surface area (Å²) in [5.74, 6) is -1.94. The van der Waals surface area contributed by atoms with Gasteiger partial charge in [-0.05, 0) is 19.1 Å². The molecule has 4 nitrogen and oxygen atoms in total. The van der Waals surface area contributed by atoms with Crippen LogP contribution in [0.5, 0.6) is 0 Å². The van der Waals surface area contributed by atoms with E-state index in [-0.39, 0.29) is 11.6 Å². The number of carbonyl (C=O) groups is 1. The summed E-state index contributed by atoms with van der Waals surface area (Å²) < 4.78 is 26.5. The lowest BCUT2D eigenvalue weighted by atomic mass is 10.1. The Kier molecular flexibility index (Phi) is 4.86. The molecule has 0 N–H and O–H groups in total. The Morgan fingerprint density at radius 2 is 2.00 bits per heavy atom. The normalized spacial score (nSPS) is 17.3. The number of amides is 1. The molecular weight excluding hydrogens is 276 g/mol. The fourth-order valence-electron chi connectivity index (χ4n) is 2.46. The molecule has 112 valence electrons. The Bertz CT molecular complexity index is 563. The maximum Gasteiger partial charge on any atom is 0.256 e. The highest BCUT2D eigenvalue weighted by atomic mass is 19.1. The fraction of sp³-hybridized carbons (Fsp3) is 0.467. The monoisotopic (exact) mass is 293 g/mol. The number of benzene rings is 1. The summed E-state index contributed by atoms with van der Waals surface area (Å²) in [6, 6.07) is 5.26. The van der Waals surface area contributed by atoms with Crippen molar-refractivity contribution in [2.24, 2.45) is 0 Å². The molecule has 1 aliphatic heterocycles. The summed E-state index contributed by atoms with van der Waals surface area (Å²) in [6.07, 6.45) is 0.445. The van der Waals surface area contributed by atoms with E-state index in [9.17, 15) is 13.6 Å².